The van der Waals surface area contributed by atoms with Crippen molar-refractivity contribution in [3.05, 3.63) is 36.5 Å². The summed E-state index contributed by atoms with van der Waals surface area (Å²) in [6.45, 7) is 3.94. The number of rotatable bonds is 41. The van der Waals surface area contributed by atoms with Crippen molar-refractivity contribution >= 4 is 13.7 Å². The number of amides is 1. The second kappa shape index (κ2) is 39.9. The Morgan fingerprint density at radius 1 is 0.630 bits per heavy atom. The van der Waals surface area contributed by atoms with E-state index >= 15 is 0 Å². The highest BCUT2D eigenvalue weighted by Crippen LogP contribution is 2.43. The molecule has 1 amide bonds. The van der Waals surface area contributed by atoms with Gasteiger partial charge in [-0.3, -0.25) is 13.8 Å². The lowest BCUT2D eigenvalue weighted by Crippen LogP contribution is -2.46. The van der Waals surface area contributed by atoms with Gasteiger partial charge in [0.05, 0.1) is 37.9 Å². The van der Waals surface area contributed by atoms with Crippen molar-refractivity contribution in [1.29, 1.82) is 0 Å². The highest BCUT2D eigenvalue weighted by molar-refractivity contribution is 7.47. The van der Waals surface area contributed by atoms with Gasteiger partial charge in [0.2, 0.25) is 5.91 Å². The van der Waals surface area contributed by atoms with Crippen LogP contribution in [0.2, 0.25) is 0 Å². The number of phosphoric acid groups is 1. The van der Waals surface area contributed by atoms with Crippen LogP contribution in [0.15, 0.2) is 36.5 Å². The minimum absolute atomic E-state index is 0.0428. The van der Waals surface area contributed by atoms with Crippen molar-refractivity contribution in [2.24, 2.45) is 5.73 Å². The molecule has 0 aliphatic rings. The minimum Gasteiger partial charge on any atom is -0.393 e. The molecule has 54 heavy (non-hydrogen) atoms. The Morgan fingerprint density at radius 2 is 1.06 bits per heavy atom. The molecule has 4 unspecified atom stereocenters. The Bertz CT molecular complexity index is 961. The van der Waals surface area contributed by atoms with Gasteiger partial charge in [-0.25, -0.2) is 4.57 Å². The fourth-order valence-corrected chi connectivity index (χ4v) is 7.14. The van der Waals surface area contributed by atoms with E-state index in [2.05, 4.69) is 43.5 Å². The number of aliphatic hydroxyl groups excluding tert-OH is 2. The van der Waals surface area contributed by atoms with Crippen LogP contribution < -0.4 is 11.1 Å². The molecule has 0 aliphatic heterocycles. The maximum Gasteiger partial charge on any atom is 0.472 e. The molecule has 318 valence electrons. The Hall–Kier alpha value is -1.32. The quantitative estimate of drug-likeness (QED) is 0.0233. The molecule has 0 radical (unpaired) electrons. The Kier molecular flexibility index (Phi) is 38.9. The zero-order chi connectivity index (χ0) is 39.8. The molecule has 0 saturated heterocycles. The number of hydrogen-bond acceptors (Lipinski definition) is 7. The van der Waals surface area contributed by atoms with Crippen LogP contribution in [0.4, 0.5) is 0 Å². The van der Waals surface area contributed by atoms with E-state index in [0.717, 1.165) is 44.9 Å². The van der Waals surface area contributed by atoms with E-state index in [1.165, 1.54) is 122 Å². The van der Waals surface area contributed by atoms with Crippen molar-refractivity contribution in [1.82, 2.24) is 5.32 Å². The van der Waals surface area contributed by atoms with Crippen LogP contribution in [0.5, 0.6) is 0 Å². The number of nitrogens with one attached hydrogen (secondary N) is 1. The maximum absolute atomic E-state index is 12.8. The fraction of sp³-hybridized carbons (Fsp3) is 0.841. The third-order valence-electron chi connectivity index (χ3n) is 9.75. The SMILES string of the molecule is CCCCCCCCCC/C=C/CC/C=C/CC/C=C/C(O)C(COP(=O)(O)OCCN)NC(=O)CC(O)CCCCCCCCCCCCCCCC. The van der Waals surface area contributed by atoms with Crippen LogP contribution >= 0.6 is 7.82 Å². The number of carbonyl (C=O) groups excluding carboxylic acids is 1. The second-order valence-corrected chi connectivity index (χ2v) is 16.5. The summed E-state index contributed by atoms with van der Waals surface area (Å²) in [4.78, 5) is 22.7. The van der Waals surface area contributed by atoms with Gasteiger partial charge in [0, 0.05) is 6.54 Å². The predicted octanol–water partition coefficient (Wildman–Crippen LogP) is 11.3. The molecular weight excluding hydrogens is 699 g/mol. The first-order valence-electron chi connectivity index (χ1n) is 22.2. The number of carbonyl (C=O) groups is 1. The van der Waals surface area contributed by atoms with Gasteiger partial charge in [-0.2, -0.15) is 0 Å². The molecule has 10 heteroatoms. The summed E-state index contributed by atoms with van der Waals surface area (Å²) in [7, 11) is -4.41. The van der Waals surface area contributed by atoms with Crippen LogP contribution in [0.1, 0.15) is 200 Å². The third kappa shape index (κ3) is 37.6. The lowest BCUT2D eigenvalue weighted by atomic mass is 10.0. The number of nitrogens with two attached hydrogens (primary N) is 1. The molecule has 0 aromatic carbocycles. The topological polar surface area (TPSA) is 151 Å². The molecule has 6 N–H and O–H groups in total. The van der Waals surface area contributed by atoms with Crippen molar-refractivity contribution in [3.63, 3.8) is 0 Å². The molecule has 0 spiro atoms. The monoisotopic (exact) mass is 785 g/mol. The molecule has 0 bridgehead atoms. The highest BCUT2D eigenvalue weighted by Gasteiger charge is 2.27. The van der Waals surface area contributed by atoms with E-state index in [9.17, 15) is 24.5 Å². The summed E-state index contributed by atoms with van der Waals surface area (Å²) in [5.41, 5.74) is 5.36. The molecule has 0 saturated carbocycles. The van der Waals surface area contributed by atoms with Gasteiger partial charge in [-0.1, -0.05) is 185 Å². The van der Waals surface area contributed by atoms with Gasteiger partial charge >= 0.3 is 7.82 Å². The Morgan fingerprint density at radius 3 is 1.54 bits per heavy atom. The molecule has 0 aliphatic carbocycles. The molecule has 0 heterocycles. The third-order valence-corrected chi connectivity index (χ3v) is 10.7. The van der Waals surface area contributed by atoms with E-state index in [1.54, 1.807) is 6.08 Å². The van der Waals surface area contributed by atoms with Crippen molar-refractivity contribution in [3.8, 4) is 0 Å². The molecule has 4 atom stereocenters. The zero-order valence-electron chi connectivity index (χ0n) is 34.8. The van der Waals surface area contributed by atoms with Crippen LogP contribution in [0.25, 0.3) is 0 Å². The van der Waals surface area contributed by atoms with Crippen LogP contribution in [0.3, 0.4) is 0 Å². The largest absolute Gasteiger partial charge is 0.472 e. The predicted molar refractivity (Wildman–Crippen MR) is 227 cm³/mol. The first-order valence-corrected chi connectivity index (χ1v) is 23.7. The van der Waals surface area contributed by atoms with E-state index in [4.69, 9.17) is 14.8 Å². The van der Waals surface area contributed by atoms with E-state index in [-0.39, 0.29) is 19.6 Å². The van der Waals surface area contributed by atoms with Crippen molar-refractivity contribution in [2.75, 3.05) is 19.8 Å². The first kappa shape index (κ1) is 52.7. The minimum atomic E-state index is -4.41. The van der Waals surface area contributed by atoms with Crippen LogP contribution in [-0.4, -0.2) is 59.0 Å². The summed E-state index contributed by atoms with van der Waals surface area (Å²) < 4.78 is 22.1. The van der Waals surface area contributed by atoms with Crippen molar-refractivity contribution in [2.45, 2.75) is 218 Å². The van der Waals surface area contributed by atoms with E-state index < -0.39 is 38.6 Å². The van der Waals surface area contributed by atoms with Gasteiger partial charge in [-0.15, -0.1) is 0 Å². The highest BCUT2D eigenvalue weighted by atomic mass is 31.2. The molecule has 9 nitrogen and oxygen atoms in total. The molecule has 0 aromatic heterocycles. The molecule has 0 fully saturated rings. The average Bonchev–Trinajstić information content (AvgIpc) is 3.15. The fourth-order valence-electron chi connectivity index (χ4n) is 6.38. The lowest BCUT2D eigenvalue weighted by molar-refractivity contribution is -0.124. The summed E-state index contributed by atoms with van der Waals surface area (Å²) >= 11 is 0. The van der Waals surface area contributed by atoms with Crippen LogP contribution in [-0.2, 0) is 18.4 Å². The number of aliphatic hydroxyl groups is 2. The Labute approximate surface area is 332 Å². The van der Waals surface area contributed by atoms with Gasteiger partial charge in [0.1, 0.15) is 0 Å². The van der Waals surface area contributed by atoms with Gasteiger partial charge < -0.3 is 26.2 Å². The van der Waals surface area contributed by atoms with Gasteiger partial charge in [-0.05, 0) is 44.9 Å². The maximum atomic E-state index is 12.8. The molecule has 0 rings (SSSR count). The zero-order valence-corrected chi connectivity index (χ0v) is 35.7. The summed E-state index contributed by atoms with van der Waals surface area (Å²) in [5.74, 6) is -0.459. The standard InChI is InChI=1S/C44H85N2O7P/c1-3-5-7-9-11-13-15-17-19-20-21-22-24-26-28-30-32-34-36-43(48)42(40-53-54(50,51)52-38-37-45)46-44(49)39-41(47)35-33-31-29-27-25-23-18-16-14-12-10-8-6-4-2/h20-21,26,28,34,36,41-43,47-48H,3-19,22-25,27,29-33,35,37-40,45H2,1-2H3,(H,46,49)(H,50,51)/b21-20+,28-26+,36-34+. The normalized spacial score (nSPS) is 15.0. The van der Waals surface area contributed by atoms with E-state index in [0.29, 0.717) is 12.8 Å². The molecular formula is C44H85N2O7P. The second-order valence-electron chi connectivity index (χ2n) is 15.1. The lowest BCUT2D eigenvalue weighted by Gasteiger charge is -2.24. The number of hydrogen-bond donors (Lipinski definition) is 5. The van der Waals surface area contributed by atoms with Gasteiger partial charge in [0.15, 0.2) is 0 Å². The van der Waals surface area contributed by atoms with Crippen LogP contribution in [0, 0.1) is 0 Å². The first-order chi connectivity index (χ1) is 26.3. The summed E-state index contributed by atoms with van der Waals surface area (Å²) in [6.07, 6.45) is 43.7. The summed E-state index contributed by atoms with van der Waals surface area (Å²) in [6, 6.07) is -1.00. The number of allylic oxidation sites excluding steroid dienone is 5. The number of phosphoric ester groups is 1. The molecule has 0 aromatic rings. The van der Waals surface area contributed by atoms with Crippen molar-refractivity contribution < 1.29 is 33.5 Å². The smallest absolute Gasteiger partial charge is 0.393 e. The summed E-state index contributed by atoms with van der Waals surface area (Å²) in [5, 5.41) is 24.0. The van der Waals surface area contributed by atoms with E-state index in [1.807, 2.05) is 6.08 Å². The Balaban J connectivity index is 4.40. The van der Waals surface area contributed by atoms with Gasteiger partial charge in [0.25, 0.3) is 0 Å². The number of unbranched alkanes of at least 4 members (excludes halogenated alkanes) is 23. The average molecular weight is 785 g/mol.